The highest BCUT2D eigenvalue weighted by Gasteiger charge is 2.10. The number of aromatic nitrogens is 3. The molecule has 0 unspecified atom stereocenters. The van der Waals surface area contributed by atoms with Crippen LogP contribution in [0.15, 0.2) is 36.5 Å². The Morgan fingerprint density at radius 3 is 2.76 bits per heavy atom. The molecule has 0 saturated carbocycles. The van der Waals surface area contributed by atoms with E-state index in [0.29, 0.717) is 11.4 Å². The third-order valence-electron chi connectivity index (χ3n) is 3.56. The SMILES string of the molecule is Cc1nn(C)c2ncc(NC(=O)COc3ccc([N+](=O)[O-])cc3)cc12. The van der Waals surface area contributed by atoms with Crippen LogP contribution in [0.25, 0.3) is 11.0 Å². The average molecular weight is 341 g/mol. The minimum Gasteiger partial charge on any atom is -0.484 e. The first-order valence-electron chi connectivity index (χ1n) is 7.40. The van der Waals surface area contributed by atoms with Crippen molar-refractivity contribution in [3.8, 4) is 5.75 Å². The molecule has 0 bridgehead atoms. The molecule has 1 amide bonds. The summed E-state index contributed by atoms with van der Waals surface area (Å²) in [6.45, 7) is 1.65. The minimum absolute atomic E-state index is 0.0389. The lowest BCUT2D eigenvalue weighted by Crippen LogP contribution is -2.20. The Morgan fingerprint density at radius 1 is 1.36 bits per heavy atom. The van der Waals surface area contributed by atoms with Crippen LogP contribution >= 0.6 is 0 Å². The van der Waals surface area contributed by atoms with E-state index in [1.165, 1.54) is 24.3 Å². The number of nitro groups is 1. The summed E-state index contributed by atoms with van der Waals surface area (Å²) in [5.74, 6) is 0.0125. The van der Waals surface area contributed by atoms with Crippen molar-refractivity contribution in [1.29, 1.82) is 0 Å². The van der Waals surface area contributed by atoms with Gasteiger partial charge in [-0.1, -0.05) is 0 Å². The fraction of sp³-hybridized carbons (Fsp3) is 0.188. The summed E-state index contributed by atoms with van der Waals surface area (Å²) in [7, 11) is 1.80. The molecule has 0 saturated heterocycles. The summed E-state index contributed by atoms with van der Waals surface area (Å²) >= 11 is 0. The molecule has 0 aliphatic rings. The van der Waals surface area contributed by atoms with E-state index in [-0.39, 0.29) is 18.2 Å². The van der Waals surface area contributed by atoms with Crippen molar-refractivity contribution in [3.63, 3.8) is 0 Å². The van der Waals surface area contributed by atoms with E-state index in [0.717, 1.165) is 16.7 Å². The largest absolute Gasteiger partial charge is 0.484 e. The third-order valence-corrected chi connectivity index (χ3v) is 3.56. The van der Waals surface area contributed by atoms with Crippen LogP contribution in [-0.2, 0) is 11.8 Å². The highest BCUT2D eigenvalue weighted by atomic mass is 16.6. The molecule has 1 aromatic carbocycles. The predicted octanol–water partition coefficient (Wildman–Crippen LogP) is 2.20. The number of aryl methyl sites for hydroxylation is 2. The number of pyridine rings is 1. The van der Waals surface area contributed by atoms with Crippen LogP contribution in [0.1, 0.15) is 5.69 Å². The van der Waals surface area contributed by atoms with Gasteiger partial charge in [0.1, 0.15) is 5.75 Å². The monoisotopic (exact) mass is 341 g/mol. The number of carbonyl (C=O) groups is 1. The summed E-state index contributed by atoms with van der Waals surface area (Å²) in [6, 6.07) is 7.32. The number of amides is 1. The smallest absolute Gasteiger partial charge is 0.269 e. The normalized spacial score (nSPS) is 10.6. The third kappa shape index (κ3) is 3.55. The molecule has 25 heavy (non-hydrogen) atoms. The van der Waals surface area contributed by atoms with Gasteiger partial charge in [-0.3, -0.25) is 19.6 Å². The van der Waals surface area contributed by atoms with Gasteiger partial charge in [-0.25, -0.2) is 4.98 Å². The predicted molar refractivity (Wildman–Crippen MR) is 90.5 cm³/mol. The number of nitrogens with zero attached hydrogens (tertiary/aromatic N) is 4. The molecule has 0 atom stereocenters. The summed E-state index contributed by atoms with van der Waals surface area (Å²) < 4.78 is 6.99. The van der Waals surface area contributed by atoms with E-state index in [9.17, 15) is 14.9 Å². The van der Waals surface area contributed by atoms with E-state index >= 15 is 0 Å². The van der Waals surface area contributed by atoms with Gasteiger partial charge < -0.3 is 10.1 Å². The van der Waals surface area contributed by atoms with E-state index < -0.39 is 4.92 Å². The van der Waals surface area contributed by atoms with Gasteiger partial charge in [0.2, 0.25) is 0 Å². The van der Waals surface area contributed by atoms with E-state index in [1.807, 2.05) is 6.92 Å². The number of anilines is 1. The molecule has 0 aliphatic heterocycles. The lowest BCUT2D eigenvalue weighted by molar-refractivity contribution is -0.384. The Balaban J connectivity index is 1.62. The summed E-state index contributed by atoms with van der Waals surface area (Å²) in [4.78, 5) is 26.4. The lowest BCUT2D eigenvalue weighted by Gasteiger charge is -2.07. The number of rotatable bonds is 5. The maximum atomic E-state index is 12.0. The molecule has 0 radical (unpaired) electrons. The number of benzene rings is 1. The van der Waals surface area contributed by atoms with E-state index in [4.69, 9.17) is 4.74 Å². The molecule has 1 N–H and O–H groups in total. The number of ether oxygens (including phenoxy) is 1. The summed E-state index contributed by atoms with van der Waals surface area (Å²) in [5.41, 5.74) is 2.06. The fourth-order valence-electron chi connectivity index (χ4n) is 2.39. The zero-order chi connectivity index (χ0) is 18.0. The zero-order valence-corrected chi connectivity index (χ0v) is 13.6. The molecule has 0 aliphatic carbocycles. The van der Waals surface area contributed by atoms with Crippen LogP contribution in [0, 0.1) is 17.0 Å². The number of hydrogen-bond acceptors (Lipinski definition) is 6. The highest BCUT2D eigenvalue weighted by Crippen LogP contribution is 2.20. The first-order chi connectivity index (χ1) is 11.9. The minimum atomic E-state index is -0.500. The molecular weight excluding hydrogens is 326 g/mol. The van der Waals surface area contributed by atoms with Gasteiger partial charge in [0, 0.05) is 24.6 Å². The summed E-state index contributed by atoms with van der Waals surface area (Å²) in [5, 5.41) is 18.4. The van der Waals surface area contributed by atoms with Gasteiger partial charge in [0.05, 0.1) is 22.5 Å². The number of fused-ring (bicyclic) bond motifs is 1. The number of hydrogen-bond donors (Lipinski definition) is 1. The van der Waals surface area contributed by atoms with Gasteiger partial charge in [0.25, 0.3) is 11.6 Å². The Labute approximate surface area is 142 Å². The van der Waals surface area contributed by atoms with Crippen molar-refractivity contribution in [3.05, 3.63) is 52.3 Å². The van der Waals surface area contributed by atoms with E-state index in [1.54, 1.807) is 24.0 Å². The molecule has 128 valence electrons. The Bertz CT molecular complexity index is 949. The number of carbonyl (C=O) groups excluding carboxylic acids is 1. The highest BCUT2D eigenvalue weighted by molar-refractivity contribution is 5.94. The maximum Gasteiger partial charge on any atom is 0.269 e. The molecule has 3 aromatic rings. The van der Waals surface area contributed by atoms with Crippen LogP contribution < -0.4 is 10.1 Å². The molecule has 0 spiro atoms. The van der Waals surface area contributed by atoms with Gasteiger partial charge in [-0.05, 0) is 25.1 Å². The molecular formula is C16H15N5O4. The molecule has 9 nitrogen and oxygen atoms in total. The van der Waals surface area contributed by atoms with Crippen molar-refractivity contribution in [1.82, 2.24) is 14.8 Å². The average Bonchev–Trinajstić information content (AvgIpc) is 2.87. The zero-order valence-electron chi connectivity index (χ0n) is 13.6. The standard InChI is InChI=1S/C16H15N5O4/c1-10-14-7-11(8-17-16(14)20(2)19-10)18-15(22)9-25-13-5-3-12(4-6-13)21(23)24/h3-8H,9H2,1-2H3,(H,18,22). The number of nitrogens with one attached hydrogen (secondary N) is 1. The van der Waals surface area contributed by atoms with Crippen molar-refractivity contribution in [2.24, 2.45) is 7.05 Å². The molecule has 9 heteroatoms. The molecule has 3 rings (SSSR count). The van der Waals surface area contributed by atoms with Crippen LogP contribution in [-0.4, -0.2) is 32.2 Å². The fourth-order valence-corrected chi connectivity index (χ4v) is 2.39. The van der Waals surface area contributed by atoms with Gasteiger partial charge in [-0.15, -0.1) is 0 Å². The van der Waals surface area contributed by atoms with Crippen molar-refractivity contribution in [2.45, 2.75) is 6.92 Å². The second-order valence-corrected chi connectivity index (χ2v) is 5.39. The first kappa shape index (κ1) is 16.4. The summed E-state index contributed by atoms with van der Waals surface area (Å²) in [6.07, 6.45) is 1.55. The first-order valence-corrected chi connectivity index (χ1v) is 7.40. The van der Waals surface area contributed by atoms with Crippen LogP contribution in [0.4, 0.5) is 11.4 Å². The Hall–Kier alpha value is -3.49. The topological polar surface area (TPSA) is 112 Å². The van der Waals surface area contributed by atoms with Crippen molar-refractivity contribution in [2.75, 3.05) is 11.9 Å². The second-order valence-electron chi connectivity index (χ2n) is 5.39. The van der Waals surface area contributed by atoms with Crippen LogP contribution in [0.2, 0.25) is 0 Å². The quantitative estimate of drug-likeness (QED) is 0.562. The number of nitro benzene ring substituents is 1. The lowest BCUT2D eigenvalue weighted by atomic mass is 10.2. The van der Waals surface area contributed by atoms with E-state index in [2.05, 4.69) is 15.4 Å². The van der Waals surface area contributed by atoms with Gasteiger partial charge in [0.15, 0.2) is 12.3 Å². The Morgan fingerprint density at radius 2 is 2.08 bits per heavy atom. The van der Waals surface area contributed by atoms with Crippen LogP contribution in [0.3, 0.4) is 0 Å². The van der Waals surface area contributed by atoms with Crippen molar-refractivity contribution < 1.29 is 14.5 Å². The van der Waals surface area contributed by atoms with Crippen LogP contribution in [0.5, 0.6) is 5.75 Å². The molecule has 2 aromatic heterocycles. The number of non-ortho nitro benzene ring substituents is 1. The molecule has 0 fully saturated rings. The van der Waals surface area contributed by atoms with Crippen molar-refractivity contribution >= 4 is 28.3 Å². The maximum absolute atomic E-state index is 12.0. The van der Waals surface area contributed by atoms with Gasteiger partial charge >= 0.3 is 0 Å². The Kier molecular flexibility index (Phi) is 4.29. The second kappa shape index (κ2) is 6.56. The van der Waals surface area contributed by atoms with Gasteiger partial charge in [-0.2, -0.15) is 5.10 Å². The molecule has 2 heterocycles.